The van der Waals surface area contributed by atoms with Gasteiger partial charge in [-0.15, -0.1) is 11.8 Å². The van der Waals surface area contributed by atoms with Crippen molar-refractivity contribution in [3.8, 4) is 6.07 Å². The quantitative estimate of drug-likeness (QED) is 0.783. The molecule has 0 aliphatic heterocycles. The summed E-state index contributed by atoms with van der Waals surface area (Å²) in [6, 6.07) is 8.98. The Bertz CT molecular complexity index is 650. The van der Waals surface area contributed by atoms with E-state index >= 15 is 0 Å². The largest absolute Gasteiger partial charge is 0.207 e. The van der Waals surface area contributed by atoms with Crippen molar-refractivity contribution in [3.05, 3.63) is 65.0 Å². The maximum Gasteiger partial charge on any atom is 0.136 e. The molecule has 5 heteroatoms. The summed E-state index contributed by atoms with van der Waals surface area (Å²) in [6.45, 7) is 0. The van der Waals surface area contributed by atoms with E-state index in [-0.39, 0.29) is 16.2 Å². The standard InChI is InChI=1S/C14H8F3NS/c15-11-2-4-13(17)14(6-11)19-8-10-5-9(7-18)1-3-12(10)16/h1-6H,8H2. The third-order valence-electron chi connectivity index (χ3n) is 2.45. The van der Waals surface area contributed by atoms with Crippen molar-refractivity contribution in [3.63, 3.8) is 0 Å². The minimum Gasteiger partial charge on any atom is -0.207 e. The summed E-state index contributed by atoms with van der Waals surface area (Å²) in [4.78, 5) is 0.113. The molecule has 0 saturated carbocycles. The lowest BCUT2D eigenvalue weighted by Crippen LogP contribution is -1.91. The maximum absolute atomic E-state index is 13.5. The highest BCUT2D eigenvalue weighted by molar-refractivity contribution is 7.98. The van der Waals surface area contributed by atoms with Crippen molar-refractivity contribution in [1.29, 1.82) is 5.26 Å². The van der Waals surface area contributed by atoms with Gasteiger partial charge in [-0.2, -0.15) is 5.26 Å². The van der Waals surface area contributed by atoms with Crippen molar-refractivity contribution in [2.75, 3.05) is 0 Å². The lowest BCUT2D eigenvalue weighted by atomic mass is 10.1. The van der Waals surface area contributed by atoms with Crippen molar-refractivity contribution in [2.45, 2.75) is 10.6 Å². The average Bonchev–Trinajstić information content (AvgIpc) is 2.41. The molecule has 96 valence electrons. The fourth-order valence-electron chi connectivity index (χ4n) is 1.50. The summed E-state index contributed by atoms with van der Waals surface area (Å²) in [5.41, 5.74) is 0.615. The first-order valence-corrected chi connectivity index (χ1v) is 6.35. The molecule has 0 heterocycles. The molecule has 19 heavy (non-hydrogen) atoms. The molecule has 0 spiro atoms. The molecule has 0 aliphatic rings. The predicted octanol–water partition coefficient (Wildman–Crippen LogP) is 4.27. The molecule has 0 fully saturated rings. The lowest BCUT2D eigenvalue weighted by Gasteiger charge is -2.05. The van der Waals surface area contributed by atoms with Crippen LogP contribution in [0.5, 0.6) is 0 Å². The van der Waals surface area contributed by atoms with Crippen LogP contribution in [0.3, 0.4) is 0 Å². The van der Waals surface area contributed by atoms with Crippen LogP contribution in [0.25, 0.3) is 0 Å². The first kappa shape index (κ1) is 13.5. The van der Waals surface area contributed by atoms with E-state index in [0.717, 1.165) is 30.0 Å². The summed E-state index contributed by atoms with van der Waals surface area (Å²) in [5, 5.41) is 8.73. The van der Waals surface area contributed by atoms with Gasteiger partial charge in [0.25, 0.3) is 0 Å². The molecule has 0 amide bonds. The van der Waals surface area contributed by atoms with E-state index in [9.17, 15) is 13.2 Å². The van der Waals surface area contributed by atoms with Gasteiger partial charge in [0.2, 0.25) is 0 Å². The molecule has 0 atom stereocenters. The fraction of sp³-hybridized carbons (Fsp3) is 0.0714. The number of thioether (sulfide) groups is 1. The molecule has 0 aliphatic carbocycles. The highest BCUT2D eigenvalue weighted by Gasteiger charge is 2.08. The maximum atomic E-state index is 13.5. The van der Waals surface area contributed by atoms with Gasteiger partial charge >= 0.3 is 0 Å². The summed E-state index contributed by atoms with van der Waals surface area (Å²) >= 11 is 0.983. The van der Waals surface area contributed by atoms with E-state index in [1.165, 1.54) is 18.2 Å². The number of nitrogens with zero attached hydrogens (tertiary/aromatic N) is 1. The molecule has 0 bridgehead atoms. The molecule has 2 aromatic rings. The summed E-state index contributed by atoms with van der Waals surface area (Å²) in [6.07, 6.45) is 0. The second-order valence-electron chi connectivity index (χ2n) is 3.78. The Morgan fingerprint density at radius 1 is 1.00 bits per heavy atom. The molecule has 2 aromatic carbocycles. The van der Waals surface area contributed by atoms with Gasteiger partial charge in [0.15, 0.2) is 0 Å². The second kappa shape index (κ2) is 5.81. The Hall–Kier alpha value is -1.93. The molecule has 0 saturated heterocycles. The van der Waals surface area contributed by atoms with E-state index in [1.807, 2.05) is 6.07 Å². The Morgan fingerprint density at radius 3 is 2.47 bits per heavy atom. The van der Waals surface area contributed by atoms with E-state index in [1.54, 1.807) is 0 Å². The van der Waals surface area contributed by atoms with Crippen LogP contribution in [0.2, 0.25) is 0 Å². The van der Waals surface area contributed by atoms with Crippen molar-refractivity contribution in [2.24, 2.45) is 0 Å². The van der Waals surface area contributed by atoms with Crippen LogP contribution < -0.4 is 0 Å². The highest BCUT2D eigenvalue weighted by atomic mass is 32.2. The first-order chi connectivity index (χ1) is 9.10. The fourth-order valence-corrected chi connectivity index (χ4v) is 2.43. The van der Waals surface area contributed by atoms with Crippen molar-refractivity contribution < 1.29 is 13.2 Å². The van der Waals surface area contributed by atoms with Gasteiger partial charge in [0, 0.05) is 10.6 Å². The number of nitriles is 1. The Kier molecular flexibility index (Phi) is 4.13. The monoisotopic (exact) mass is 279 g/mol. The summed E-state index contributed by atoms with van der Waals surface area (Å²) in [5.74, 6) is -1.44. The predicted molar refractivity (Wildman–Crippen MR) is 67.0 cm³/mol. The first-order valence-electron chi connectivity index (χ1n) is 5.36. The molecule has 0 aromatic heterocycles. The van der Waals surface area contributed by atoms with Gasteiger partial charge in [0.05, 0.1) is 11.6 Å². The SMILES string of the molecule is N#Cc1ccc(F)c(CSc2cc(F)ccc2F)c1. The zero-order valence-electron chi connectivity index (χ0n) is 9.66. The van der Waals surface area contributed by atoms with Gasteiger partial charge in [0.1, 0.15) is 17.5 Å². The zero-order chi connectivity index (χ0) is 13.8. The molecular weight excluding hydrogens is 271 g/mol. The van der Waals surface area contributed by atoms with Gasteiger partial charge in [-0.1, -0.05) is 0 Å². The molecule has 0 N–H and O–H groups in total. The lowest BCUT2D eigenvalue weighted by molar-refractivity contribution is 0.577. The Labute approximate surface area is 112 Å². The van der Waals surface area contributed by atoms with E-state index in [4.69, 9.17) is 5.26 Å². The van der Waals surface area contributed by atoms with Crippen LogP contribution in [-0.4, -0.2) is 0 Å². The van der Waals surface area contributed by atoms with Crippen LogP contribution in [0.15, 0.2) is 41.3 Å². The van der Waals surface area contributed by atoms with Crippen molar-refractivity contribution >= 4 is 11.8 Å². The van der Waals surface area contributed by atoms with Gasteiger partial charge in [-0.05, 0) is 42.0 Å². The minimum absolute atomic E-state index is 0.113. The molecule has 0 radical (unpaired) electrons. The topological polar surface area (TPSA) is 23.8 Å². The van der Waals surface area contributed by atoms with Crippen LogP contribution >= 0.6 is 11.8 Å². The normalized spacial score (nSPS) is 10.2. The van der Waals surface area contributed by atoms with Crippen LogP contribution in [-0.2, 0) is 5.75 Å². The van der Waals surface area contributed by atoms with Crippen LogP contribution in [0.4, 0.5) is 13.2 Å². The van der Waals surface area contributed by atoms with Crippen LogP contribution in [0.1, 0.15) is 11.1 Å². The van der Waals surface area contributed by atoms with Gasteiger partial charge in [-0.3, -0.25) is 0 Å². The van der Waals surface area contributed by atoms with E-state index < -0.39 is 17.5 Å². The van der Waals surface area contributed by atoms with Crippen molar-refractivity contribution in [1.82, 2.24) is 0 Å². The zero-order valence-corrected chi connectivity index (χ0v) is 10.5. The molecular formula is C14H8F3NS. The Balaban J connectivity index is 2.19. The molecule has 0 unspecified atom stereocenters. The minimum atomic E-state index is -0.553. The molecule has 2 rings (SSSR count). The summed E-state index contributed by atoms with van der Waals surface area (Å²) in [7, 11) is 0. The van der Waals surface area contributed by atoms with Gasteiger partial charge in [-0.25, -0.2) is 13.2 Å². The van der Waals surface area contributed by atoms with E-state index in [2.05, 4.69) is 0 Å². The van der Waals surface area contributed by atoms with E-state index in [0.29, 0.717) is 5.56 Å². The number of rotatable bonds is 3. The highest BCUT2D eigenvalue weighted by Crippen LogP contribution is 2.27. The second-order valence-corrected chi connectivity index (χ2v) is 4.80. The molecule has 1 nitrogen and oxygen atoms in total. The van der Waals surface area contributed by atoms with Gasteiger partial charge < -0.3 is 0 Å². The number of halogens is 3. The Morgan fingerprint density at radius 2 is 1.74 bits per heavy atom. The number of hydrogen-bond acceptors (Lipinski definition) is 2. The smallest absolute Gasteiger partial charge is 0.136 e. The number of hydrogen-bond donors (Lipinski definition) is 0. The third kappa shape index (κ3) is 3.30. The van der Waals surface area contributed by atoms with Crippen LogP contribution in [0, 0.1) is 28.8 Å². The summed E-state index contributed by atoms with van der Waals surface area (Å²) < 4.78 is 39.9. The average molecular weight is 279 g/mol. The number of benzene rings is 2. The third-order valence-corrected chi connectivity index (χ3v) is 3.53.